The van der Waals surface area contributed by atoms with Gasteiger partial charge in [-0.1, -0.05) is 27.2 Å². The molecule has 0 aliphatic carbocycles. The predicted octanol–water partition coefficient (Wildman–Crippen LogP) is 2.27. The van der Waals surface area contributed by atoms with E-state index in [1.54, 1.807) is 0 Å². The third-order valence-corrected chi connectivity index (χ3v) is 2.48. The minimum atomic E-state index is 0.222. The molecule has 0 saturated heterocycles. The highest BCUT2D eigenvalue weighted by Crippen LogP contribution is 2.15. The molecular weight excluding hydrogens is 194 g/mol. The highest BCUT2D eigenvalue weighted by atomic mass is 32.1. The van der Waals surface area contributed by atoms with E-state index < -0.39 is 0 Å². The Bertz CT molecular complexity index is 192. The molecule has 0 heterocycles. The highest BCUT2D eigenvalue weighted by molar-refractivity contribution is 7.80. The van der Waals surface area contributed by atoms with Crippen LogP contribution in [0.25, 0.3) is 0 Å². The lowest BCUT2D eigenvalue weighted by molar-refractivity contribution is 0.447. The summed E-state index contributed by atoms with van der Waals surface area (Å²) in [6.45, 7) is 6.64. The summed E-state index contributed by atoms with van der Waals surface area (Å²) in [5.74, 6) is 1.27. The average molecular weight is 215 g/mol. The number of rotatable bonds is 6. The summed E-state index contributed by atoms with van der Waals surface area (Å²) >= 11 is 4.65. The smallest absolute Gasteiger partial charge is 0.184 e. The molecule has 0 amide bonds. The van der Waals surface area contributed by atoms with Crippen LogP contribution in [0.4, 0.5) is 0 Å². The summed E-state index contributed by atoms with van der Waals surface area (Å²) < 4.78 is 0. The maximum absolute atomic E-state index is 5.25. The molecule has 0 bridgehead atoms. The van der Waals surface area contributed by atoms with Gasteiger partial charge in [0.05, 0.1) is 0 Å². The fourth-order valence-corrected chi connectivity index (χ4v) is 1.28. The molecule has 0 aliphatic rings. The van der Waals surface area contributed by atoms with E-state index in [1.807, 2.05) is 6.21 Å². The topological polar surface area (TPSA) is 50.4 Å². The van der Waals surface area contributed by atoms with Crippen LogP contribution in [0.5, 0.6) is 0 Å². The van der Waals surface area contributed by atoms with Crippen LogP contribution in [0.1, 0.15) is 40.0 Å². The molecule has 2 unspecified atom stereocenters. The standard InChI is InChI=1S/C10H21N3S/c1-4-8(3)6-9(5-2)7-12-13-10(11)14/h7-9H,4-6H2,1-3H3,(H3,11,13,14). The van der Waals surface area contributed by atoms with E-state index in [4.69, 9.17) is 5.73 Å². The number of nitrogens with two attached hydrogens (primary N) is 1. The molecule has 0 aromatic carbocycles. The first kappa shape index (κ1) is 13.4. The normalized spacial score (nSPS) is 15.4. The Morgan fingerprint density at radius 2 is 2.14 bits per heavy atom. The summed E-state index contributed by atoms with van der Waals surface area (Å²) in [4.78, 5) is 0. The van der Waals surface area contributed by atoms with Crippen molar-refractivity contribution in [2.75, 3.05) is 0 Å². The first-order chi connectivity index (χ1) is 6.60. The van der Waals surface area contributed by atoms with Gasteiger partial charge in [-0.25, -0.2) is 0 Å². The summed E-state index contributed by atoms with van der Waals surface area (Å²) in [6, 6.07) is 0. The van der Waals surface area contributed by atoms with Crippen LogP contribution in [0.3, 0.4) is 0 Å². The Morgan fingerprint density at radius 3 is 2.57 bits per heavy atom. The van der Waals surface area contributed by atoms with Gasteiger partial charge in [0, 0.05) is 6.21 Å². The van der Waals surface area contributed by atoms with Crippen molar-refractivity contribution in [3.63, 3.8) is 0 Å². The van der Waals surface area contributed by atoms with E-state index in [0.717, 1.165) is 12.3 Å². The Kier molecular flexibility index (Phi) is 7.38. The number of hydrogen-bond donors (Lipinski definition) is 2. The number of thiocarbonyl (C=S) groups is 1. The van der Waals surface area contributed by atoms with Gasteiger partial charge in [-0.05, 0) is 36.9 Å². The molecule has 0 spiro atoms. The van der Waals surface area contributed by atoms with Gasteiger partial charge in [0.15, 0.2) is 5.11 Å². The zero-order valence-electron chi connectivity index (χ0n) is 9.29. The third kappa shape index (κ3) is 6.83. The average Bonchev–Trinajstić information content (AvgIpc) is 2.15. The van der Waals surface area contributed by atoms with Crippen LogP contribution in [0, 0.1) is 11.8 Å². The number of nitrogens with zero attached hydrogens (tertiary/aromatic N) is 1. The SMILES string of the molecule is CCC(C)CC(C=NNC(N)=S)CC. The van der Waals surface area contributed by atoms with E-state index in [1.165, 1.54) is 12.8 Å². The maximum Gasteiger partial charge on any atom is 0.184 e. The minimum absolute atomic E-state index is 0.222. The van der Waals surface area contributed by atoms with Gasteiger partial charge in [-0.15, -0.1) is 0 Å². The molecule has 0 radical (unpaired) electrons. The van der Waals surface area contributed by atoms with Gasteiger partial charge in [-0.2, -0.15) is 5.10 Å². The van der Waals surface area contributed by atoms with Gasteiger partial charge in [0.1, 0.15) is 0 Å². The molecule has 4 heteroatoms. The molecule has 0 aromatic heterocycles. The summed E-state index contributed by atoms with van der Waals surface area (Å²) in [5, 5.41) is 4.21. The van der Waals surface area contributed by atoms with Gasteiger partial charge in [-0.3, -0.25) is 5.43 Å². The molecule has 0 aromatic rings. The highest BCUT2D eigenvalue weighted by Gasteiger charge is 2.07. The van der Waals surface area contributed by atoms with Gasteiger partial charge >= 0.3 is 0 Å². The van der Waals surface area contributed by atoms with Crippen LogP contribution in [0.2, 0.25) is 0 Å². The van der Waals surface area contributed by atoms with Crippen molar-refractivity contribution in [3.05, 3.63) is 0 Å². The molecule has 14 heavy (non-hydrogen) atoms. The van der Waals surface area contributed by atoms with Crippen molar-refractivity contribution in [1.82, 2.24) is 5.43 Å². The van der Waals surface area contributed by atoms with Crippen molar-refractivity contribution in [2.45, 2.75) is 40.0 Å². The number of hydrogen-bond acceptors (Lipinski definition) is 2. The van der Waals surface area contributed by atoms with E-state index in [0.29, 0.717) is 5.92 Å². The molecular formula is C10H21N3S. The fourth-order valence-electron chi connectivity index (χ4n) is 1.22. The lowest BCUT2D eigenvalue weighted by atomic mass is 9.93. The van der Waals surface area contributed by atoms with Crippen molar-refractivity contribution < 1.29 is 0 Å². The molecule has 0 fully saturated rings. The minimum Gasteiger partial charge on any atom is -0.375 e. The van der Waals surface area contributed by atoms with Crippen LogP contribution in [0.15, 0.2) is 5.10 Å². The van der Waals surface area contributed by atoms with Gasteiger partial charge in [0.2, 0.25) is 0 Å². The first-order valence-corrected chi connectivity index (χ1v) is 5.59. The first-order valence-electron chi connectivity index (χ1n) is 5.18. The largest absolute Gasteiger partial charge is 0.375 e. The lowest BCUT2D eigenvalue weighted by Gasteiger charge is -2.13. The molecule has 0 saturated carbocycles. The lowest BCUT2D eigenvalue weighted by Crippen LogP contribution is -2.24. The quantitative estimate of drug-likeness (QED) is 0.406. The molecule has 0 aliphatic heterocycles. The Balaban J connectivity index is 3.89. The Morgan fingerprint density at radius 1 is 1.50 bits per heavy atom. The van der Waals surface area contributed by atoms with Crippen LogP contribution < -0.4 is 11.2 Å². The van der Waals surface area contributed by atoms with Crippen LogP contribution in [-0.4, -0.2) is 11.3 Å². The number of hydrazone groups is 1. The third-order valence-electron chi connectivity index (χ3n) is 2.39. The maximum atomic E-state index is 5.25. The van der Waals surface area contributed by atoms with Crippen molar-refractivity contribution >= 4 is 23.5 Å². The van der Waals surface area contributed by atoms with Crippen molar-refractivity contribution in [3.8, 4) is 0 Å². The Hall–Kier alpha value is -0.640. The molecule has 3 N–H and O–H groups in total. The molecule has 2 atom stereocenters. The van der Waals surface area contributed by atoms with E-state index in [2.05, 4.69) is 43.5 Å². The summed E-state index contributed by atoms with van der Waals surface area (Å²) in [6.07, 6.45) is 5.40. The van der Waals surface area contributed by atoms with E-state index >= 15 is 0 Å². The van der Waals surface area contributed by atoms with Crippen LogP contribution in [-0.2, 0) is 0 Å². The van der Waals surface area contributed by atoms with Crippen molar-refractivity contribution in [1.29, 1.82) is 0 Å². The van der Waals surface area contributed by atoms with E-state index in [-0.39, 0.29) is 5.11 Å². The fraction of sp³-hybridized carbons (Fsp3) is 0.800. The zero-order valence-corrected chi connectivity index (χ0v) is 10.1. The molecule has 82 valence electrons. The predicted molar refractivity (Wildman–Crippen MR) is 66.3 cm³/mol. The molecule has 0 rings (SSSR count). The second kappa shape index (κ2) is 7.74. The Labute approximate surface area is 92.1 Å². The summed E-state index contributed by atoms with van der Waals surface area (Å²) in [7, 11) is 0. The zero-order chi connectivity index (χ0) is 11.0. The summed E-state index contributed by atoms with van der Waals surface area (Å²) in [5.41, 5.74) is 7.83. The molecule has 3 nitrogen and oxygen atoms in total. The second-order valence-electron chi connectivity index (χ2n) is 3.67. The van der Waals surface area contributed by atoms with E-state index in [9.17, 15) is 0 Å². The van der Waals surface area contributed by atoms with Crippen molar-refractivity contribution in [2.24, 2.45) is 22.7 Å². The second-order valence-corrected chi connectivity index (χ2v) is 4.11. The number of nitrogens with one attached hydrogen (secondary N) is 1. The van der Waals surface area contributed by atoms with Gasteiger partial charge < -0.3 is 5.73 Å². The van der Waals surface area contributed by atoms with Crippen LogP contribution >= 0.6 is 12.2 Å². The van der Waals surface area contributed by atoms with Gasteiger partial charge in [0.25, 0.3) is 0 Å². The monoisotopic (exact) mass is 215 g/mol.